The van der Waals surface area contributed by atoms with Gasteiger partial charge in [-0.3, -0.25) is 9.98 Å². The van der Waals surface area contributed by atoms with Gasteiger partial charge in [-0.25, -0.2) is 18.3 Å². The van der Waals surface area contributed by atoms with Gasteiger partial charge in [0.05, 0.1) is 51.4 Å². The van der Waals surface area contributed by atoms with Gasteiger partial charge in [-0.15, -0.1) is 0 Å². The molecule has 0 saturated heterocycles. The Morgan fingerprint density at radius 2 is 0.818 bits per heavy atom. The number of rotatable bonds is 8. The highest BCUT2D eigenvalue weighted by molar-refractivity contribution is 5.88. The quantitative estimate of drug-likeness (QED) is 0.158. The van der Waals surface area contributed by atoms with Gasteiger partial charge in [-0.05, 0) is 46.5 Å². The maximum atomic E-state index is 12.7. The number of benzene rings is 3. The van der Waals surface area contributed by atoms with Crippen molar-refractivity contribution in [3.63, 3.8) is 0 Å². The summed E-state index contributed by atoms with van der Waals surface area (Å²) < 4.78 is 7.09. The molecule has 0 N–H and O–H groups in total. The van der Waals surface area contributed by atoms with Crippen molar-refractivity contribution in [3.05, 3.63) is 131 Å². The average molecular weight is 589 g/mol. The molecule has 8 heteroatoms. The van der Waals surface area contributed by atoms with E-state index in [0.29, 0.717) is 23.0 Å². The predicted molar refractivity (Wildman–Crippen MR) is 169 cm³/mol. The van der Waals surface area contributed by atoms with Gasteiger partial charge >= 0.3 is 0 Å². The first-order chi connectivity index (χ1) is 20.8. The van der Waals surface area contributed by atoms with Crippen LogP contribution in [0.3, 0.4) is 0 Å². The predicted octanol–water partition coefficient (Wildman–Crippen LogP) is 3.54. The smallest absolute Gasteiger partial charge is 0.292 e. The highest BCUT2D eigenvalue weighted by Gasteiger charge is 2.26. The van der Waals surface area contributed by atoms with E-state index in [2.05, 4.69) is 61.9 Å². The molecule has 3 aromatic carbocycles. The fourth-order valence-corrected chi connectivity index (χ4v) is 5.66. The number of nitrogens with zero attached hydrogens (tertiary/aromatic N) is 6. The molecule has 5 rings (SSSR count). The first-order valence-electron chi connectivity index (χ1n) is 14.6. The fraction of sp³-hybridized carbons (Fsp3) is 0.278. The molecule has 0 unspecified atom stereocenters. The van der Waals surface area contributed by atoms with Crippen LogP contribution in [-0.2, 0) is 39.0 Å². The molecule has 0 aliphatic rings. The lowest BCUT2D eigenvalue weighted by Crippen LogP contribution is -2.39. The summed E-state index contributed by atoms with van der Waals surface area (Å²) in [5.74, 6) is 0.500. The second-order valence-corrected chi connectivity index (χ2v) is 12.4. The fourth-order valence-electron chi connectivity index (χ4n) is 5.66. The van der Waals surface area contributed by atoms with Gasteiger partial charge in [0.25, 0.3) is 11.6 Å². The molecule has 0 fully saturated rings. The topological polar surface area (TPSA) is 88.5 Å². The molecule has 0 saturated carbocycles. The number of imidazole rings is 2. The Hall–Kier alpha value is -4.98. The largest absolute Gasteiger partial charge is 0.853 e. The summed E-state index contributed by atoms with van der Waals surface area (Å²) >= 11 is 0. The Labute approximate surface area is 259 Å². The van der Waals surface area contributed by atoms with Crippen molar-refractivity contribution in [2.75, 3.05) is 0 Å². The van der Waals surface area contributed by atoms with Crippen LogP contribution in [0.4, 0.5) is 11.4 Å². The first kappa shape index (κ1) is 30.5. The first-order valence-corrected chi connectivity index (χ1v) is 14.6. The summed E-state index contributed by atoms with van der Waals surface area (Å²) in [5.41, 5.74) is 5.41. The molecule has 0 amide bonds. The van der Waals surface area contributed by atoms with E-state index in [-0.39, 0.29) is 22.6 Å². The maximum Gasteiger partial charge on any atom is 0.292 e. The highest BCUT2D eigenvalue weighted by Crippen LogP contribution is 2.36. The third kappa shape index (κ3) is 5.80. The van der Waals surface area contributed by atoms with Gasteiger partial charge in [0.2, 0.25) is 0 Å². The molecule has 0 aliphatic heterocycles. The Morgan fingerprint density at radius 1 is 0.545 bits per heavy atom. The second-order valence-electron chi connectivity index (χ2n) is 12.4. The van der Waals surface area contributed by atoms with Crippen LogP contribution in [0.1, 0.15) is 61.6 Å². The van der Waals surface area contributed by atoms with E-state index in [1.165, 1.54) is 11.1 Å². The molecular weight excluding hydrogens is 548 g/mol. The summed E-state index contributed by atoms with van der Waals surface area (Å²) in [6, 6.07) is 24.6. The Balaban J connectivity index is 1.32. The van der Waals surface area contributed by atoms with Gasteiger partial charge in [-0.1, -0.05) is 76.2 Å². The minimum absolute atomic E-state index is 0.250. The number of hydrogen-bond acceptors (Lipinski definition) is 4. The van der Waals surface area contributed by atoms with Crippen molar-refractivity contribution in [1.82, 2.24) is 9.13 Å². The minimum atomic E-state index is -0.274. The van der Waals surface area contributed by atoms with Crippen LogP contribution in [0.5, 0.6) is 0 Å². The zero-order valence-electron chi connectivity index (χ0n) is 26.7. The molecule has 8 nitrogen and oxygen atoms in total. The maximum absolute atomic E-state index is 12.7. The number of aromatic nitrogens is 4. The zero-order valence-corrected chi connectivity index (χ0v) is 26.7. The Bertz CT molecular complexity index is 1660. The van der Waals surface area contributed by atoms with Crippen molar-refractivity contribution < 1.29 is 19.3 Å². The van der Waals surface area contributed by atoms with Crippen molar-refractivity contribution in [2.45, 2.75) is 38.5 Å². The van der Waals surface area contributed by atoms with Gasteiger partial charge in [0, 0.05) is 10.8 Å². The standard InChI is InChI=1S/C36H40N6O2/c1-35(2,27-13-17-29(18-14-27)37-31(43)33-39(5)21-22-40(33)6)25-9-11-26(12-10-25)36(3,4)28-15-19-30(20-16-28)38-32(44)34-41(7)23-24-42(34)8/h9-24H,1-8H3. The van der Waals surface area contributed by atoms with Crippen LogP contribution in [-0.4, -0.2) is 20.9 Å². The molecule has 0 atom stereocenters. The van der Waals surface area contributed by atoms with E-state index < -0.39 is 0 Å². The summed E-state index contributed by atoms with van der Waals surface area (Å²) in [6.07, 6.45) is 7.35. The average Bonchev–Trinajstić information content (AvgIpc) is 3.52. The third-order valence-corrected chi connectivity index (χ3v) is 8.71. The van der Waals surface area contributed by atoms with E-state index in [9.17, 15) is 10.2 Å². The van der Waals surface area contributed by atoms with Gasteiger partial charge in [-0.2, -0.15) is 0 Å². The number of aliphatic imine (C=N–C) groups is 2. The summed E-state index contributed by atoms with van der Waals surface area (Å²) in [7, 11) is 7.35. The molecule has 44 heavy (non-hydrogen) atoms. The molecule has 2 aromatic heterocycles. The molecule has 0 bridgehead atoms. The second kappa shape index (κ2) is 11.6. The van der Waals surface area contributed by atoms with Crippen molar-refractivity contribution in [3.8, 4) is 0 Å². The lowest BCUT2D eigenvalue weighted by molar-refractivity contribution is -0.674. The van der Waals surface area contributed by atoms with Gasteiger partial charge in [0.1, 0.15) is 24.8 Å². The molecular formula is C36H40N6O2. The van der Waals surface area contributed by atoms with Crippen LogP contribution in [0, 0.1) is 0 Å². The van der Waals surface area contributed by atoms with Crippen LogP contribution in [0.15, 0.2) is 108 Å². The third-order valence-electron chi connectivity index (χ3n) is 8.71. The minimum Gasteiger partial charge on any atom is -0.853 e. The van der Waals surface area contributed by atoms with Crippen molar-refractivity contribution in [2.24, 2.45) is 38.2 Å². The number of aryl methyl sites for hydroxylation is 4. The van der Waals surface area contributed by atoms with Gasteiger partial charge in [0.15, 0.2) is 0 Å². The van der Waals surface area contributed by atoms with E-state index in [0.717, 1.165) is 11.1 Å². The van der Waals surface area contributed by atoms with E-state index in [4.69, 9.17) is 0 Å². The molecule has 2 heterocycles. The number of hydrogen-bond donors (Lipinski definition) is 0. The van der Waals surface area contributed by atoms with E-state index in [1.807, 2.05) is 102 Å². The van der Waals surface area contributed by atoms with Crippen LogP contribution < -0.4 is 19.3 Å². The molecule has 0 aliphatic carbocycles. The van der Waals surface area contributed by atoms with Crippen LogP contribution in [0.25, 0.3) is 0 Å². The lowest BCUT2D eigenvalue weighted by Gasteiger charge is -2.29. The molecule has 0 spiro atoms. The van der Waals surface area contributed by atoms with E-state index >= 15 is 0 Å². The molecule has 5 aromatic rings. The van der Waals surface area contributed by atoms with Crippen LogP contribution >= 0.6 is 0 Å². The monoisotopic (exact) mass is 588 g/mol. The van der Waals surface area contributed by atoms with Gasteiger partial charge < -0.3 is 10.2 Å². The van der Waals surface area contributed by atoms with Crippen LogP contribution in [0.2, 0.25) is 0 Å². The normalized spacial score (nSPS) is 13.0. The van der Waals surface area contributed by atoms with E-state index in [1.54, 1.807) is 18.3 Å². The van der Waals surface area contributed by atoms with Crippen molar-refractivity contribution >= 4 is 23.2 Å². The lowest BCUT2D eigenvalue weighted by atomic mass is 9.74. The highest BCUT2D eigenvalue weighted by atomic mass is 16.3. The SMILES string of the molecule is Cn1cc[n+](C)c1C([O-])=Nc1ccc(C(C)(C)c2ccc(C(C)(C)c3ccc(N=C([O-])c4n(C)cc[n+]4C)cc3)cc2)cc1. The summed E-state index contributed by atoms with van der Waals surface area (Å²) in [4.78, 5) is 8.64. The Morgan fingerprint density at radius 3 is 1.07 bits per heavy atom. The summed E-state index contributed by atoms with van der Waals surface area (Å²) in [6.45, 7) is 8.81. The molecule has 226 valence electrons. The molecule has 0 radical (unpaired) electrons. The summed E-state index contributed by atoms with van der Waals surface area (Å²) in [5, 5.41) is 25.5. The zero-order chi connectivity index (χ0) is 31.8. The van der Waals surface area contributed by atoms with Crippen molar-refractivity contribution in [1.29, 1.82) is 0 Å². The Kier molecular flexibility index (Phi) is 8.04.